The van der Waals surface area contributed by atoms with Gasteiger partial charge in [0.2, 0.25) is 5.88 Å². The van der Waals surface area contributed by atoms with Crippen LogP contribution in [-0.4, -0.2) is 35.4 Å². The number of guanidine groups is 1. The van der Waals surface area contributed by atoms with Crippen molar-refractivity contribution in [2.75, 3.05) is 13.2 Å². The number of aliphatic imine (C=N–C) groups is 1. The standard InChI is InChI=1S/C20H28F3N5O2.HI/c1-4-14(5-2)17-10-16(30-28-17)12-27-19(24-6-3)26-11-15-8-7-9-25-18(15)29-13-20(21,22)23;/h7-10,14H,4-6,11-13H2,1-3H3,(H2,24,26,27);1H. The van der Waals surface area contributed by atoms with Crippen LogP contribution < -0.4 is 15.4 Å². The zero-order valence-corrected chi connectivity index (χ0v) is 20.2. The molecule has 2 heterocycles. The first-order valence-corrected chi connectivity index (χ1v) is 9.97. The molecule has 0 spiro atoms. The SMILES string of the molecule is CCNC(=NCc1cccnc1OCC(F)(F)F)NCc1cc(C(CC)CC)no1.I. The average Bonchev–Trinajstić information content (AvgIpc) is 3.18. The van der Waals surface area contributed by atoms with Crippen LogP contribution in [0.25, 0.3) is 0 Å². The fourth-order valence-corrected chi connectivity index (χ4v) is 2.81. The van der Waals surface area contributed by atoms with E-state index in [2.05, 4.69) is 39.6 Å². The van der Waals surface area contributed by atoms with E-state index in [1.807, 2.05) is 13.0 Å². The largest absolute Gasteiger partial charge is 0.468 e. The Morgan fingerprint density at radius 3 is 2.61 bits per heavy atom. The molecule has 174 valence electrons. The van der Waals surface area contributed by atoms with Gasteiger partial charge in [0.1, 0.15) is 0 Å². The third-order valence-corrected chi connectivity index (χ3v) is 4.39. The van der Waals surface area contributed by atoms with Crippen LogP contribution in [0.4, 0.5) is 13.2 Å². The number of alkyl halides is 3. The molecule has 0 amide bonds. The molecule has 31 heavy (non-hydrogen) atoms. The van der Waals surface area contributed by atoms with Crippen LogP contribution in [0.3, 0.4) is 0 Å². The number of nitrogens with one attached hydrogen (secondary N) is 2. The van der Waals surface area contributed by atoms with E-state index < -0.39 is 12.8 Å². The smallest absolute Gasteiger partial charge is 0.422 e. The minimum Gasteiger partial charge on any atom is -0.468 e. The Bertz CT molecular complexity index is 810. The maximum atomic E-state index is 12.4. The van der Waals surface area contributed by atoms with Crippen LogP contribution >= 0.6 is 24.0 Å². The van der Waals surface area contributed by atoms with Crippen LogP contribution in [0, 0.1) is 0 Å². The summed E-state index contributed by atoms with van der Waals surface area (Å²) < 4.78 is 47.5. The van der Waals surface area contributed by atoms with Crippen LogP contribution in [0.15, 0.2) is 33.9 Å². The first-order valence-electron chi connectivity index (χ1n) is 9.97. The van der Waals surface area contributed by atoms with Crippen molar-refractivity contribution in [3.05, 3.63) is 41.4 Å². The lowest BCUT2D eigenvalue weighted by Gasteiger charge is -2.12. The fourth-order valence-electron chi connectivity index (χ4n) is 2.81. The van der Waals surface area contributed by atoms with Gasteiger partial charge in [0.05, 0.1) is 18.8 Å². The minimum absolute atomic E-state index is 0. The summed E-state index contributed by atoms with van der Waals surface area (Å²) in [6.45, 7) is 5.84. The molecule has 0 bridgehead atoms. The van der Waals surface area contributed by atoms with E-state index in [1.54, 1.807) is 12.1 Å². The van der Waals surface area contributed by atoms with Crippen LogP contribution in [-0.2, 0) is 13.1 Å². The summed E-state index contributed by atoms with van der Waals surface area (Å²) in [6.07, 6.45) is -1.07. The van der Waals surface area contributed by atoms with E-state index in [-0.39, 0.29) is 36.4 Å². The van der Waals surface area contributed by atoms with Gasteiger partial charge in [0.15, 0.2) is 18.3 Å². The van der Waals surface area contributed by atoms with Crippen molar-refractivity contribution >= 4 is 29.9 Å². The average molecular weight is 555 g/mol. The van der Waals surface area contributed by atoms with Crippen molar-refractivity contribution < 1.29 is 22.4 Å². The zero-order chi connectivity index (χ0) is 22.0. The molecular weight excluding hydrogens is 526 g/mol. The molecule has 0 aliphatic heterocycles. The van der Waals surface area contributed by atoms with E-state index in [0.29, 0.717) is 36.3 Å². The summed E-state index contributed by atoms with van der Waals surface area (Å²) >= 11 is 0. The van der Waals surface area contributed by atoms with E-state index >= 15 is 0 Å². The number of nitrogens with zero attached hydrogens (tertiary/aromatic N) is 3. The molecule has 0 saturated carbocycles. The molecule has 0 saturated heterocycles. The molecule has 11 heteroatoms. The molecule has 0 aliphatic rings. The summed E-state index contributed by atoms with van der Waals surface area (Å²) in [5, 5.41) is 10.4. The van der Waals surface area contributed by atoms with E-state index in [0.717, 1.165) is 18.5 Å². The highest BCUT2D eigenvalue weighted by atomic mass is 127. The minimum atomic E-state index is -4.43. The zero-order valence-electron chi connectivity index (χ0n) is 17.8. The molecular formula is C20H29F3IN5O2. The van der Waals surface area contributed by atoms with Crippen LogP contribution in [0.5, 0.6) is 5.88 Å². The Balaban J connectivity index is 0.00000480. The molecule has 2 N–H and O–H groups in total. The molecule has 0 radical (unpaired) electrons. The number of halogens is 4. The Labute approximate surface area is 197 Å². The third kappa shape index (κ3) is 9.32. The summed E-state index contributed by atoms with van der Waals surface area (Å²) in [6, 6.07) is 5.18. The molecule has 2 aromatic rings. The quantitative estimate of drug-likeness (QED) is 0.249. The molecule has 2 rings (SSSR count). The number of aromatic nitrogens is 2. The second kappa shape index (κ2) is 13.4. The maximum Gasteiger partial charge on any atom is 0.422 e. The maximum absolute atomic E-state index is 12.4. The Kier molecular flexibility index (Phi) is 11.6. The number of rotatable bonds is 10. The van der Waals surface area contributed by atoms with Crippen molar-refractivity contribution in [1.29, 1.82) is 0 Å². The van der Waals surface area contributed by atoms with E-state index in [4.69, 9.17) is 9.26 Å². The third-order valence-electron chi connectivity index (χ3n) is 4.39. The first kappa shape index (κ1) is 27.0. The molecule has 0 atom stereocenters. The van der Waals surface area contributed by atoms with Gasteiger partial charge in [-0.3, -0.25) is 0 Å². The normalized spacial score (nSPS) is 11.9. The van der Waals surface area contributed by atoms with Gasteiger partial charge >= 0.3 is 6.18 Å². The summed E-state index contributed by atoms with van der Waals surface area (Å²) in [5.74, 6) is 1.45. The molecule has 7 nitrogen and oxygen atoms in total. The van der Waals surface area contributed by atoms with Gasteiger partial charge in [0.25, 0.3) is 0 Å². The summed E-state index contributed by atoms with van der Waals surface area (Å²) in [4.78, 5) is 8.29. The Morgan fingerprint density at radius 2 is 1.97 bits per heavy atom. The van der Waals surface area contributed by atoms with Crippen molar-refractivity contribution in [2.24, 2.45) is 4.99 Å². The van der Waals surface area contributed by atoms with Gasteiger partial charge in [-0.25, -0.2) is 9.98 Å². The van der Waals surface area contributed by atoms with Crippen LogP contribution in [0.1, 0.15) is 56.5 Å². The van der Waals surface area contributed by atoms with Crippen molar-refractivity contribution in [2.45, 2.75) is 58.8 Å². The predicted octanol–water partition coefficient (Wildman–Crippen LogP) is 4.79. The van der Waals surface area contributed by atoms with Gasteiger partial charge in [-0.1, -0.05) is 25.1 Å². The molecule has 0 aromatic carbocycles. The highest BCUT2D eigenvalue weighted by Gasteiger charge is 2.29. The lowest BCUT2D eigenvalue weighted by atomic mass is 9.99. The second-order valence-corrected chi connectivity index (χ2v) is 6.65. The summed E-state index contributed by atoms with van der Waals surface area (Å²) in [7, 11) is 0. The lowest BCUT2D eigenvalue weighted by molar-refractivity contribution is -0.154. The molecule has 0 unspecified atom stereocenters. The van der Waals surface area contributed by atoms with Gasteiger partial charge in [-0.05, 0) is 25.8 Å². The Hall–Kier alpha value is -2.05. The van der Waals surface area contributed by atoms with Gasteiger partial charge < -0.3 is 19.9 Å². The highest BCUT2D eigenvalue weighted by Crippen LogP contribution is 2.22. The predicted molar refractivity (Wildman–Crippen MR) is 123 cm³/mol. The number of hydrogen-bond donors (Lipinski definition) is 2. The number of ether oxygens (including phenoxy) is 1. The number of hydrogen-bond acceptors (Lipinski definition) is 5. The second-order valence-electron chi connectivity index (χ2n) is 6.65. The number of pyridine rings is 1. The van der Waals surface area contributed by atoms with E-state index in [1.165, 1.54) is 6.20 Å². The molecule has 0 aliphatic carbocycles. The van der Waals surface area contributed by atoms with Crippen molar-refractivity contribution in [1.82, 2.24) is 20.8 Å². The van der Waals surface area contributed by atoms with Crippen molar-refractivity contribution in [3.8, 4) is 5.88 Å². The summed E-state index contributed by atoms with van der Waals surface area (Å²) in [5.41, 5.74) is 1.38. The monoisotopic (exact) mass is 555 g/mol. The topological polar surface area (TPSA) is 84.6 Å². The lowest BCUT2D eigenvalue weighted by Crippen LogP contribution is -2.36. The van der Waals surface area contributed by atoms with Gasteiger partial charge in [0, 0.05) is 30.3 Å². The van der Waals surface area contributed by atoms with Crippen molar-refractivity contribution in [3.63, 3.8) is 0 Å². The Morgan fingerprint density at radius 1 is 1.23 bits per heavy atom. The van der Waals surface area contributed by atoms with Crippen LogP contribution in [0.2, 0.25) is 0 Å². The van der Waals surface area contributed by atoms with E-state index in [9.17, 15) is 13.2 Å². The highest BCUT2D eigenvalue weighted by molar-refractivity contribution is 14.0. The van der Waals surface area contributed by atoms with Gasteiger partial charge in [-0.2, -0.15) is 13.2 Å². The molecule has 0 fully saturated rings. The fraction of sp³-hybridized carbons (Fsp3) is 0.550. The first-order chi connectivity index (χ1) is 14.4. The van der Waals surface area contributed by atoms with Gasteiger partial charge in [-0.15, -0.1) is 24.0 Å². The molecule has 2 aromatic heterocycles.